The molecular formula is C7H13N. The minimum Gasteiger partial charge on any atom is -0.399 e. The quantitative estimate of drug-likeness (QED) is 0.513. The van der Waals surface area contributed by atoms with Crippen LogP contribution in [-0.2, 0) is 0 Å². The van der Waals surface area contributed by atoms with Gasteiger partial charge in [-0.25, -0.2) is 0 Å². The van der Waals surface area contributed by atoms with Crippen LogP contribution in [0.15, 0.2) is 23.4 Å². The highest BCUT2D eigenvalue weighted by Crippen LogP contribution is 1.99. The Hall–Kier alpha value is -0.720. The van der Waals surface area contributed by atoms with E-state index in [0.29, 0.717) is 0 Å². The molecule has 0 saturated heterocycles. The molecule has 0 amide bonds. The molecule has 0 atom stereocenters. The summed E-state index contributed by atoms with van der Waals surface area (Å²) in [6.45, 7) is 5.91. The van der Waals surface area contributed by atoms with Gasteiger partial charge in [0.2, 0.25) is 0 Å². The highest BCUT2D eigenvalue weighted by Gasteiger charge is 1.85. The maximum absolute atomic E-state index is 5.52. The molecule has 2 N–H and O–H groups in total. The van der Waals surface area contributed by atoms with Crippen molar-refractivity contribution in [3.05, 3.63) is 23.4 Å². The third-order valence-electron chi connectivity index (χ3n) is 1.20. The monoisotopic (exact) mass is 111 g/mol. The smallest absolute Gasteiger partial charge is 0.0297 e. The fourth-order valence-corrected chi connectivity index (χ4v) is 0.394. The van der Waals surface area contributed by atoms with Crippen molar-refractivity contribution in [2.45, 2.75) is 20.8 Å². The van der Waals surface area contributed by atoms with Gasteiger partial charge in [-0.1, -0.05) is 12.2 Å². The zero-order valence-corrected chi connectivity index (χ0v) is 5.73. The number of allylic oxidation sites excluding steroid dienone is 3. The fraction of sp³-hybridized carbons (Fsp3) is 0.429. The van der Waals surface area contributed by atoms with E-state index in [1.54, 1.807) is 0 Å². The lowest BCUT2D eigenvalue weighted by molar-refractivity contribution is 1.26. The molecule has 0 radical (unpaired) electrons. The van der Waals surface area contributed by atoms with Crippen LogP contribution in [0.25, 0.3) is 0 Å². The van der Waals surface area contributed by atoms with Crippen LogP contribution in [0.1, 0.15) is 20.8 Å². The van der Waals surface area contributed by atoms with Crippen LogP contribution < -0.4 is 5.73 Å². The van der Waals surface area contributed by atoms with Gasteiger partial charge < -0.3 is 5.73 Å². The van der Waals surface area contributed by atoms with Gasteiger partial charge in [0.15, 0.2) is 0 Å². The van der Waals surface area contributed by atoms with E-state index in [2.05, 4.69) is 0 Å². The predicted molar refractivity (Wildman–Crippen MR) is 37.4 cm³/mol. The average molecular weight is 111 g/mol. The molecule has 1 heteroatoms. The Morgan fingerprint density at radius 2 is 1.75 bits per heavy atom. The topological polar surface area (TPSA) is 26.0 Å². The lowest BCUT2D eigenvalue weighted by Crippen LogP contribution is -1.96. The van der Waals surface area contributed by atoms with Crippen LogP contribution in [0.4, 0.5) is 0 Å². The molecule has 0 aliphatic rings. The predicted octanol–water partition coefficient (Wildman–Crippen LogP) is 1.82. The second kappa shape index (κ2) is 3.30. The minimum absolute atomic E-state index is 0.868. The highest BCUT2D eigenvalue weighted by molar-refractivity contribution is 5.24. The van der Waals surface area contributed by atoms with E-state index >= 15 is 0 Å². The van der Waals surface area contributed by atoms with Gasteiger partial charge in [-0.15, -0.1) is 0 Å². The van der Waals surface area contributed by atoms with Crippen molar-refractivity contribution in [3.63, 3.8) is 0 Å². The number of nitrogens with two attached hydrogens (primary N) is 1. The van der Waals surface area contributed by atoms with E-state index in [4.69, 9.17) is 5.73 Å². The van der Waals surface area contributed by atoms with Gasteiger partial charge in [-0.05, 0) is 26.3 Å². The molecule has 0 bridgehead atoms. The lowest BCUT2D eigenvalue weighted by Gasteiger charge is -1.95. The molecule has 0 saturated carbocycles. The molecule has 8 heavy (non-hydrogen) atoms. The van der Waals surface area contributed by atoms with Crippen LogP contribution >= 0.6 is 0 Å². The fourth-order valence-electron chi connectivity index (χ4n) is 0.394. The van der Waals surface area contributed by atoms with Gasteiger partial charge in [0, 0.05) is 5.70 Å². The van der Waals surface area contributed by atoms with Gasteiger partial charge in [-0.2, -0.15) is 0 Å². The Morgan fingerprint density at radius 1 is 1.25 bits per heavy atom. The standard InChI is InChI=1S/C7H13N/c1-4-6(3)7(8)5-2/h4-5H,8H2,1-3H3/b6-4-,7-5+. The van der Waals surface area contributed by atoms with E-state index in [9.17, 15) is 0 Å². The molecule has 0 aliphatic carbocycles. The van der Waals surface area contributed by atoms with Gasteiger partial charge in [0.05, 0.1) is 0 Å². The maximum Gasteiger partial charge on any atom is 0.0297 e. The number of rotatable bonds is 1. The van der Waals surface area contributed by atoms with E-state index < -0.39 is 0 Å². The molecule has 0 rings (SSSR count). The van der Waals surface area contributed by atoms with Crippen molar-refractivity contribution in [2.24, 2.45) is 5.73 Å². The SMILES string of the molecule is C/C=C(C)\C(N)=C/C. The molecule has 0 aromatic heterocycles. The van der Waals surface area contributed by atoms with E-state index in [-0.39, 0.29) is 0 Å². The molecule has 0 aromatic carbocycles. The first-order valence-corrected chi connectivity index (χ1v) is 2.77. The zero-order valence-electron chi connectivity index (χ0n) is 5.73. The molecule has 46 valence electrons. The average Bonchev–Trinajstić information content (AvgIpc) is 1.84. The molecule has 0 aromatic rings. The summed E-state index contributed by atoms with van der Waals surface area (Å²) < 4.78 is 0. The van der Waals surface area contributed by atoms with Crippen LogP contribution in [0, 0.1) is 0 Å². The molecule has 0 unspecified atom stereocenters. The number of hydrogen-bond acceptors (Lipinski definition) is 1. The Kier molecular flexibility index (Phi) is 3.01. The molecule has 1 nitrogen and oxygen atoms in total. The van der Waals surface area contributed by atoms with Crippen molar-refractivity contribution in [1.29, 1.82) is 0 Å². The van der Waals surface area contributed by atoms with Gasteiger partial charge in [0.1, 0.15) is 0 Å². The van der Waals surface area contributed by atoms with Crippen molar-refractivity contribution < 1.29 is 0 Å². The third-order valence-corrected chi connectivity index (χ3v) is 1.20. The van der Waals surface area contributed by atoms with E-state index in [0.717, 1.165) is 11.3 Å². The molecule has 0 fully saturated rings. The second-order valence-electron chi connectivity index (χ2n) is 1.72. The summed E-state index contributed by atoms with van der Waals surface area (Å²) in [5.74, 6) is 0. The zero-order chi connectivity index (χ0) is 6.57. The van der Waals surface area contributed by atoms with Crippen LogP contribution in [0.3, 0.4) is 0 Å². The molecule has 0 heterocycles. The first-order chi connectivity index (χ1) is 3.72. The van der Waals surface area contributed by atoms with Crippen molar-refractivity contribution in [3.8, 4) is 0 Å². The van der Waals surface area contributed by atoms with Crippen molar-refractivity contribution in [1.82, 2.24) is 0 Å². The van der Waals surface area contributed by atoms with Gasteiger partial charge in [-0.3, -0.25) is 0 Å². The van der Waals surface area contributed by atoms with Crippen molar-refractivity contribution >= 4 is 0 Å². The molecule has 0 aliphatic heterocycles. The maximum atomic E-state index is 5.52. The summed E-state index contributed by atoms with van der Waals surface area (Å²) in [5, 5.41) is 0. The molecule has 0 spiro atoms. The van der Waals surface area contributed by atoms with E-state index in [1.165, 1.54) is 0 Å². The first kappa shape index (κ1) is 7.28. The Morgan fingerprint density at radius 3 is 1.88 bits per heavy atom. The van der Waals surface area contributed by atoms with Gasteiger partial charge >= 0.3 is 0 Å². The highest BCUT2D eigenvalue weighted by atomic mass is 14.6. The van der Waals surface area contributed by atoms with Crippen LogP contribution in [0.5, 0.6) is 0 Å². The van der Waals surface area contributed by atoms with Crippen LogP contribution in [-0.4, -0.2) is 0 Å². The largest absolute Gasteiger partial charge is 0.399 e. The van der Waals surface area contributed by atoms with Gasteiger partial charge in [0.25, 0.3) is 0 Å². The van der Waals surface area contributed by atoms with Crippen LogP contribution in [0.2, 0.25) is 0 Å². The summed E-state index contributed by atoms with van der Waals surface area (Å²) in [7, 11) is 0. The second-order valence-corrected chi connectivity index (χ2v) is 1.72. The van der Waals surface area contributed by atoms with E-state index in [1.807, 2.05) is 32.9 Å². The first-order valence-electron chi connectivity index (χ1n) is 2.77. The Balaban J connectivity index is 4.04. The number of hydrogen-bond donors (Lipinski definition) is 1. The Labute approximate surface area is 50.9 Å². The summed E-state index contributed by atoms with van der Waals surface area (Å²) in [6, 6.07) is 0. The normalized spacial score (nSPS) is 14.4. The van der Waals surface area contributed by atoms with Crippen molar-refractivity contribution in [2.75, 3.05) is 0 Å². The third kappa shape index (κ3) is 1.82. The Bertz CT molecular complexity index is 104. The lowest BCUT2D eigenvalue weighted by atomic mass is 10.2. The summed E-state index contributed by atoms with van der Waals surface area (Å²) >= 11 is 0. The summed E-state index contributed by atoms with van der Waals surface area (Å²) in [4.78, 5) is 0. The summed E-state index contributed by atoms with van der Waals surface area (Å²) in [6.07, 6.45) is 3.89. The minimum atomic E-state index is 0.868. The molecular weight excluding hydrogens is 98.1 g/mol. The summed E-state index contributed by atoms with van der Waals surface area (Å²) in [5.41, 5.74) is 7.53.